The number of ether oxygens (including phenoxy) is 1. The molecule has 5 nitrogen and oxygen atoms in total. The second kappa shape index (κ2) is 11.0. The van der Waals surface area contributed by atoms with Crippen molar-refractivity contribution in [3.63, 3.8) is 0 Å². The molecule has 4 rings (SSSR count). The van der Waals surface area contributed by atoms with E-state index in [0.717, 1.165) is 65.1 Å². The second-order valence-electron chi connectivity index (χ2n) is 8.86. The molecule has 0 saturated heterocycles. The lowest BCUT2D eigenvalue weighted by Gasteiger charge is -2.11. The van der Waals surface area contributed by atoms with Gasteiger partial charge in [0.25, 0.3) is 5.91 Å². The van der Waals surface area contributed by atoms with Crippen molar-refractivity contribution in [2.24, 2.45) is 0 Å². The van der Waals surface area contributed by atoms with Crippen LogP contribution in [0.3, 0.4) is 0 Å². The van der Waals surface area contributed by atoms with E-state index in [1.54, 1.807) is 0 Å². The van der Waals surface area contributed by atoms with Gasteiger partial charge in [-0.1, -0.05) is 42.0 Å². The van der Waals surface area contributed by atoms with Gasteiger partial charge in [-0.05, 0) is 75.1 Å². The number of carbonyl (C=O) groups is 1. The van der Waals surface area contributed by atoms with Crippen LogP contribution >= 0.6 is 0 Å². The first-order valence-corrected chi connectivity index (χ1v) is 12.0. The average Bonchev–Trinajstić information content (AvgIpc) is 3.17. The lowest BCUT2D eigenvalue weighted by Crippen LogP contribution is -2.25. The number of imidazole rings is 1. The highest BCUT2D eigenvalue weighted by Crippen LogP contribution is 2.19. The summed E-state index contributed by atoms with van der Waals surface area (Å²) in [5, 5.41) is 3.06. The number of aromatic nitrogens is 2. The van der Waals surface area contributed by atoms with E-state index in [0.29, 0.717) is 13.2 Å². The van der Waals surface area contributed by atoms with Gasteiger partial charge in [-0.15, -0.1) is 0 Å². The molecule has 0 aliphatic carbocycles. The topological polar surface area (TPSA) is 56.1 Å². The summed E-state index contributed by atoms with van der Waals surface area (Å²) in [6.45, 7) is 8.20. The van der Waals surface area contributed by atoms with Crippen LogP contribution in [0, 0.1) is 20.8 Å². The third-order valence-electron chi connectivity index (χ3n) is 6.01. The van der Waals surface area contributed by atoms with Crippen LogP contribution in [0.2, 0.25) is 0 Å². The van der Waals surface area contributed by atoms with Crippen molar-refractivity contribution >= 4 is 16.9 Å². The molecule has 0 atom stereocenters. The Balaban J connectivity index is 1.33. The van der Waals surface area contributed by atoms with Gasteiger partial charge in [-0.25, -0.2) is 4.98 Å². The molecular weight excluding hydrogens is 422 g/mol. The molecule has 0 spiro atoms. The summed E-state index contributed by atoms with van der Waals surface area (Å²) in [5.74, 6) is 1.95. The Hall–Kier alpha value is -3.60. The van der Waals surface area contributed by atoms with Crippen LogP contribution in [0.1, 0.15) is 45.7 Å². The van der Waals surface area contributed by atoms with Crippen LogP contribution in [0.5, 0.6) is 5.75 Å². The van der Waals surface area contributed by atoms with Crippen molar-refractivity contribution < 1.29 is 9.53 Å². The van der Waals surface area contributed by atoms with Crippen molar-refractivity contribution in [1.82, 2.24) is 14.9 Å². The number of aryl methyl sites for hydroxylation is 5. The standard InChI is InChI=1S/C29H33N3O2/c1-21-9-6-10-24(20-21)34-18-8-17-32-27-12-5-4-11-26(27)31-28(32)13-7-16-30-29(33)25-15-14-22(2)19-23(25)3/h4-6,9-12,14-15,19-20H,7-8,13,16-18H2,1-3H3,(H,30,33). The lowest BCUT2D eigenvalue weighted by molar-refractivity contribution is 0.0952. The van der Waals surface area contributed by atoms with Gasteiger partial charge in [0.05, 0.1) is 17.6 Å². The van der Waals surface area contributed by atoms with Crippen molar-refractivity contribution in [2.75, 3.05) is 13.2 Å². The maximum atomic E-state index is 12.6. The van der Waals surface area contributed by atoms with E-state index in [4.69, 9.17) is 9.72 Å². The molecule has 1 amide bonds. The molecule has 4 aromatic rings. The van der Waals surface area contributed by atoms with Crippen molar-refractivity contribution in [3.8, 4) is 5.75 Å². The highest BCUT2D eigenvalue weighted by atomic mass is 16.5. The molecule has 0 bridgehead atoms. The van der Waals surface area contributed by atoms with Gasteiger partial charge in [0, 0.05) is 25.1 Å². The van der Waals surface area contributed by atoms with Crippen LogP contribution in [0.4, 0.5) is 0 Å². The fraction of sp³-hybridized carbons (Fsp3) is 0.310. The molecule has 5 heteroatoms. The van der Waals surface area contributed by atoms with Gasteiger partial charge in [0.15, 0.2) is 0 Å². The number of benzene rings is 3. The van der Waals surface area contributed by atoms with E-state index in [9.17, 15) is 4.79 Å². The molecule has 0 saturated carbocycles. The van der Waals surface area contributed by atoms with Gasteiger partial charge in [0.2, 0.25) is 0 Å². The maximum absolute atomic E-state index is 12.6. The third kappa shape index (κ3) is 5.84. The average molecular weight is 456 g/mol. The SMILES string of the molecule is Cc1cccc(OCCCn2c(CCCNC(=O)c3ccc(C)cc3C)nc3ccccc32)c1. The van der Waals surface area contributed by atoms with Gasteiger partial charge < -0.3 is 14.6 Å². The zero-order chi connectivity index (χ0) is 23.9. The molecule has 0 unspecified atom stereocenters. The summed E-state index contributed by atoms with van der Waals surface area (Å²) in [6.07, 6.45) is 2.53. The number of fused-ring (bicyclic) bond motifs is 1. The van der Waals surface area contributed by atoms with Crippen molar-refractivity contribution in [3.05, 3.63) is 94.8 Å². The van der Waals surface area contributed by atoms with Crippen LogP contribution < -0.4 is 10.1 Å². The van der Waals surface area contributed by atoms with E-state index in [1.165, 1.54) is 5.56 Å². The minimum absolute atomic E-state index is 0.0145. The molecule has 0 aliphatic rings. The summed E-state index contributed by atoms with van der Waals surface area (Å²) in [6, 6.07) is 22.3. The van der Waals surface area contributed by atoms with E-state index in [2.05, 4.69) is 47.1 Å². The highest BCUT2D eigenvalue weighted by Gasteiger charge is 2.12. The Labute approximate surface area is 201 Å². The monoisotopic (exact) mass is 455 g/mol. The first-order chi connectivity index (χ1) is 16.5. The molecule has 0 aliphatic heterocycles. The van der Waals surface area contributed by atoms with E-state index >= 15 is 0 Å². The highest BCUT2D eigenvalue weighted by molar-refractivity contribution is 5.95. The number of para-hydroxylation sites is 2. The Morgan fingerprint density at radius 2 is 1.76 bits per heavy atom. The number of hydrogen-bond donors (Lipinski definition) is 1. The number of carbonyl (C=O) groups excluding carboxylic acids is 1. The first kappa shape index (κ1) is 23.6. The fourth-order valence-electron chi connectivity index (χ4n) is 4.30. The lowest BCUT2D eigenvalue weighted by atomic mass is 10.1. The summed E-state index contributed by atoms with van der Waals surface area (Å²) < 4.78 is 8.23. The van der Waals surface area contributed by atoms with Crippen LogP contribution in [-0.2, 0) is 13.0 Å². The summed E-state index contributed by atoms with van der Waals surface area (Å²) in [4.78, 5) is 17.4. The molecule has 0 fully saturated rings. The summed E-state index contributed by atoms with van der Waals surface area (Å²) in [5.41, 5.74) is 6.27. The summed E-state index contributed by atoms with van der Waals surface area (Å²) in [7, 11) is 0. The smallest absolute Gasteiger partial charge is 0.251 e. The van der Waals surface area contributed by atoms with Crippen molar-refractivity contribution in [1.29, 1.82) is 0 Å². The van der Waals surface area contributed by atoms with Crippen LogP contribution in [0.25, 0.3) is 11.0 Å². The first-order valence-electron chi connectivity index (χ1n) is 12.0. The van der Waals surface area contributed by atoms with Crippen LogP contribution in [0.15, 0.2) is 66.7 Å². The number of rotatable bonds is 10. The Morgan fingerprint density at radius 1 is 0.941 bits per heavy atom. The van der Waals surface area contributed by atoms with Crippen LogP contribution in [-0.4, -0.2) is 28.6 Å². The largest absolute Gasteiger partial charge is 0.494 e. The van der Waals surface area contributed by atoms with Crippen molar-refractivity contribution in [2.45, 2.75) is 46.6 Å². The second-order valence-corrected chi connectivity index (χ2v) is 8.86. The molecule has 3 aromatic carbocycles. The number of nitrogens with zero attached hydrogens (tertiary/aromatic N) is 2. The number of amides is 1. The van der Waals surface area contributed by atoms with Gasteiger partial charge in [-0.2, -0.15) is 0 Å². The van der Waals surface area contributed by atoms with Gasteiger partial charge in [-0.3, -0.25) is 4.79 Å². The van der Waals surface area contributed by atoms with E-state index in [1.807, 2.05) is 50.2 Å². The Morgan fingerprint density at radius 3 is 2.59 bits per heavy atom. The summed E-state index contributed by atoms with van der Waals surface area (Å²) >= 11 is 0. The minimum Gasteiger partial charge on any atom is -0.494 e. The van der Waals surface area contributed by atoms with E-state index < -0.39 is 0 Å². The number of hydrogen-bond acceptors (Lipinski definition) is 3. The molecule has 1 aromatic heterocycles. The predicted octanol–water partition coefficient (Wildman–Crippen LogP) is 5.79. The molecule has 1 N–H and O–H groups in total. The van der Waals surface area contributed by atoms with Gasteiger partial charge in [0.1, 0.15) is 11.6 Å². The van der Waals surface area contributed by atoms with Gasteiger partial charge >= 0.3 is 0 Å². The predicted molar refractivity (Wildman–Crippen MR) is 138 cm³/mol. The quantitative estimate of drug-likeness (QED) is 0.308. The normalized spacial score (nSPS) is 11.0. The zero-order valence-corrected chi connectivity index (χ0v) is 20.3. The molecule has 176 valence electrons. The Kier molecular flexibility index (Phi) is 7.63. The Bertz CT molecular complexity index is 1280. The molecule has 1 heterocycles. The molecule has 0 radical (unpaired) electrons. The number of nitrogens with one attached hydrogen (secondary N) is 1. The maximum Gasteiger partial charge on any atom is 0.251 e. The zero-order valence-electron chi connectivity index (χ0n) is 20.3. The van der Waals surface area contributed by atoms with E-state index in [-0.39, 0.29) is 5.91 Å². The minimum atomic E-state index is -0.0145. The fourth-order valence-corrected chi connectivity index (χ4v) is 4.30. The third-order valence-corrected chi connectivity index (χ3v) is 6.01. The molecular formula is C29H33N3O2. The molecule has 34 heavy (non-hydrogen) atoms.